The second-order valence-corrected chi connectivity index (χ2v) is 7.69. The van der Waals surface area contributed by atoms with Crippen LogP contribution in [0.2, 0.25) is 0 Å². The van der Waals surface area contributed by atoms with Crippen LogP contribution in [-0.2, 0) is 10.0 Å². The number of nitrogens with one attached hydrogen (secondary N) is 2. The van der Waals surface area contributed by atoms with Crippen molar-refractivity contribution >= 4 is 10.0 Å². The van der Waals surface area contributed by atoms with Gasteiger partial charge in [0.15, 0.2) is 0 Å². The normalized spacial score (nSPS) is 23.2. The van der Waals surface area contributed by atoms with Crippen LogP contribution < -0.4 is 10.0 Å². The van der Waals surface area contributed by atoms with Gasteiger partial charge in [0.05, 0.1) is 4.90 Å². The Morgan fingerprint density at radius 2 is 1.67 bits per heavy atom. The van der Waals surface area contributed by atoms with E-state index in [1.165, 1.54) is 0 Å². The molecule has 0 saturated heterocycles. The quantitative estimate of drug-likeness (QED) is 0.878. The van der Waals surface area contributed by atoms with Gasteiger partial charge in [0, 0.05) is 12.1 Å². The maximum atomic E-state index is 12.4. The Morgan fingerprint density at radius 1 is 1.05 bits per heavy atom. The average molecular weight is 310 g/mol. The molecule has 0 amide bonds. The van der Waals surface area contributed by atoms with Crippen LogP contribution in [0.15, 0.2) is 23.1 Å². The fraction of sp³-hybridized carbons (Fsp3) is 0.625. The van der Waals surface area contributed by atoms with Crippen molar-refractivity contribution in [1.29, 1.82) is 0 Å². The van der Waals surface area contributed by atoms with Crippen LogP contribution in [0.3, 0.4) is 0 Å². The summed E-state index contributed by atoms with van der Waals surface area (Å²) < 4.78 is 27.8. The Kier molecular flexibility index (Phi) is 5.41. The van der Waals surface area contributed by atoms with Crippen molar-refractivity contribution in [3.05, 3.63) is 29.3 Å². The molecule has 0 atom stereocenters. The van der Waals surface area contributed by atoms with Crippen LogP contribution in [0.5, 0.6) is 0 Å². The molecule has 0 spiro atoms. The zero-order valence-corrected chi connectivity index (χ0v) is 14.0. The first-order chi connectivity index (χ1) is 9.92. The first-order valence-electron chi connectivity index (χ1n) is 7.75. The molecule has 1 saturated carbocycles. The molecular formula is C16H26N2O2S. The zero-order valence-electron chi connectivity index (χ0n) is 13.1. The summed E-state index contributed by atoms with van der Waals surface area (Å²) in [7, 11) is -3.40. The predicted molar refractivity (Wildman–Crippen MR) is 86.0 cm³/mol. The number of benzene rings is 1. The molecule has 5 heteroatoms. The minimum atomic E-state index is -3.40. The Bertz CT molecular complexity index is 576. The second-order valence-electron chi connectivity index (χ2n) is 5.97. The highest BCUT2D eigenvalue weighted by Crippen LogP contribution is 2.21. The highest BCUT2D eigenvalue weighted by Gasteiger charge is 2.25. The number of aryl methyl sites for hydroxylation is 2. The maximum Gasteiger partial charge on any atom is 0.240 e. The van der Waals surface area contributed by atoms with E-state index in [1.807, 2.05) is 19.9 Å². The summed E-state index contributed by atoms with van der Waals surface area (Å²) in [4.78, 5) is 0.374. The zero-order chi connectivity index (χ0) is 15.5. The van der Waals surface area contributed by atoms with Crippen molar-refractivity contribution in [2.75, 3.05) is 6.54 Å². The van der Waals surface area contributed by atoms with Crippen molar-refractivity contribution in [3.8, 4) is 0 Å². The Balaban J connectivity index is 2.00. The van der Waals surface area contributed by atoms with Crippen LogP contribution in [0, 0.1) is 13.8 Å². The third-order valence-corrected chi connectivity index (χ3v) is 5.85. The molecule has 0 radical (unpaired) electrons. The summed E-state index contributed by atoms with van der Waals surface area (Å²) in [5, 5.41) is 3.44. The van der Waals surface area contributed by atoms with E-state index in [1.54, 1.807) is 12.1 Å². The summed E-state index contributed by atoms with van der Waals surface area (Å²) >= 11 is 0. The van der Waals surface area contributed by atoms with Gasteiger partial charge in [-0.15, -0.1) is 0 Å². The first-order valence-corrected chi connectivity index (χ1v) is 9.23. The van der Waals surface area contributed by atoms with Crippen LogP contribution in [0.4, 0.5) is 0 Å². The van der Waals surface area contributed by atoms with Gasteiger partial charge in [-0.3, -0.25) is 0 Å². The van der Waals surface area contributed by atoms with E-state index in [2.05, 4.69) is 17.0 Å². The first kappa shape index (κ1) is 16.5. The third-order valence-electron chi connectivity index (χ3n) is 4.33. The smallest absolute Gasteiger partial charge is 0.240 e. The molecule has 2 N–H and O–H groups in total. The van der Waals surface area contributed by atoms with Gasteiger partial charge in [0.2, 0.25) is 10.0 Å². The number of sulfonamides is 1. The Hall–Kier alpha value is -0.910. The fourth-order valence-corrected chi connectivity index (χ4v) is 4.26. The summed E-state index contributed by atoms with van der Waals surface area (Å²) in [6.07, 6.45) is 3.88. The number of hydrogen-bond acceptors (Lipinski definition) is 3. The van der Waals surface area contributed by atoms with Crippen LogP contribution in [-0.4, -0.2) is 27.0 Å². The lowest BCUT2D eigenvalue weighted by Gasteiger charge is -2.29. The van der Waals surface area contributed by atoms with Gasteiger partial charge in [0.25, 0.3) is 0 Å². The molecule has 1 aliphatic rings. The van der Waals surface area contributed by atoms with Crippen molar-refractivity contribution in [1.82, 2.24) is 10.0 Å². The van der Waals surface area contributed by atoms with Crippen LogP contribution >= 0.6 is 0 Å². The third kappa shape index (κ3) is 4.28. The van der Waals surface area contributed by atoms with Crippen molar-refractivity contribution in [2.24, 2.45) is 0 Å². The molecular weight excluding hydrogens is 284 g/mol. The maximum absolute atomic E-state index is 12.4. The topological polar surface area (TPSA) is 58.2 Å². The standard InChI is InChI=1S/C16H26N2O2S/c1-4-17-14-6-8-15(9-7-14)18-21(19,20)16-10-5-12(2)13(3)11-16/h5,10-11,14-15,17-18H,4,6-9H2,1-3H3. The summed E-state index contributed by atoms with van der Waals surface area (Å²) in [6, 6.07) is 5.91. The predicted octanol–water partition coefficient (Wildman–Crippen LogP) is 2.50. The molecule has 0 bridgehead atoms. The summed E-state index contributed by atoms with van der Waals surface area (Å²) in [5.74, 6) is 0. The minimum Gasteiger partial charge on any atom is -0.314 e. The summed E-state index contributed by atoms with van der Waals surface area (Å²) in [6.45, 7) is 7.01. The van der Waals surface area contributed by atoms with Crippen molar-refractivity contribution < 1.29 is 8.42 Å². The molecule has 0 aromatic heterocycles. The van der Waals surface area contributed by atoms with Gasteiger partial charge in [-0.25, -0.2) is 13.1 Å². The molecule has 4 nitrogen and oxygen atoms in total. The highest BCUT2D eigenvalue weighted by atomic mass is 32.2. The van der Waals surface area contributed by atoms with Crippen LogP contribution in [0.1, 0.15) is 43.7 Å². The fourth-order valence-electron chi connectivity index (χ4n) is 2.87. The highest BCUT2D eigenvalue weighted by molar-refractivity contribution is 7.89. The van der Waals surface area contributed by atoms with E-state index in [-0.39, 0.29) is 6.04 Å². The molecule has 1 aromatic carbocycles. The number of rotatable bonds is 5. The van der Waals surface area contributed by atoms with E-state index >= 15 is 0 Å². The van der Waals surface area contributed by atoms with E-state index in [4.69, 9.17) is 0 Å². The van der Waals surface area contributed by atoms with E-state index < -0.39 is 10.0 Å². The molecule has 2 rings (SSSR count). The number of hydrogen-bond donors (Lipinski definition) is 2. The molecule has 1 aromatic rings. The van der Waals surface area contributed by atoms with Crippen molar-refractivity contribution in [2.45, 2.75) is 63.4 Å². The lowest BCUT2D eigenvalue weighted by Crippen LogP contribution is -2.42. The van der Waals surface area contributed by atoms with Gasteiger partial charge in [-0.1, -0.05) is 13.0 Å². The molecule has 1 aliphatic carbocycles. The van der Waals surface area contributed by atoms with Crippen molar-refractivity contribution in [3.63, 3.8) is 0 Å². The lowest BCUT2D eigenvalue weighted by atomic mass is 9.92. The van der Waals surface area contributed by atoms with Gasteiger partial charge >= 0.3 is 0 Å². The van der Waals surface area contributed by atoms with Crippen LogP contribution in [0.25, 0.3) is 0 Å². The van der Waals surface area contributed by atoms with Gasteiger partial charge < -0.3 is 5.32 Å². The molecule has 1 fully saturated rings. The Labute approximate surface area is 128 Å². The SMILES string of the molecule is CCNC1CCC(NS(=O)(=O)c2ccc(C)c(C)c2)CC1. The minimum absolute atomic E-state index is 0.0616. The molecule has 0 heterocycles. The largest absolute Gasteiger partial charge is 0.314 e. The average Bonchev–Trinajstić information content (AvgIpc) is 2.44. The second kappa shape index (κ2) is 6.90. The van der Waals surface area contributed by atoms with Gasteiger partial charge in [0.1, 0.15) is 0 Å². The van der Waals surface area contributed by atoms with Gasteiger partial charge in [-0.05, 0) is 69.3 Å². The molecule has 118 valence electrons. The van der Waals surface area contributed by atoms with E-state index in [0.717, 1.165) is 43.4 Å². The monoisotopic (exact) mass is 310 g/mol. The van der Waals surface area contributed by atoms with E-state index in [9.17, 15) is 8.42 Å². The van der Waals surface area contributed by atoms with Gasteiger partial charge in [-0.2, -0.15) is 0 Å². The molecule has 0 unspecified atom stereocenters. The Morgan fingerprint density at radius 3 is 2.24 bits per heavy atom. The summed E-state index contributed by atoms with van der Waals surface area (Å²) in [5.41, 5.74) is 2.12. The lowest BCUT2D eigenvalue weighted by molar-refractivity contribution is 0.333. The molecule has 21 heavy (non-hydrogen) atoms. The van der Waals surface area contributed by atoms with E-state index in [0.29, 0.717) is 10.9 Å². The molecule has 0 aliphatic heterocycles.